The van der Waals surface area contributed by atoms with E-state index in [0.717, 1.165) is 14.6 Å². The van der Waals surface area contributed by atoms with Gasteiger partial charge in [-0.05, 0) is 48.9 Å². The third-order valence-electron chi connectivity index (χ3n) is 4.07. The summed E-state index contributed by atoms with van der Waals surface area (Å²) in [6, 6.07) is 10.5. The third kappa shape index (κ3) is 4.09. The molecule has 0 bridgehead atoms. The Kier molecular flexibility index (Phi) is 5.84. The number of aromatic nitrogens is 2. The zero-order valence-corrected chi connectivity index (χ0v) is 17.1. The SMILES string of the molecule is COc1ccc(-c2noc(=O)n2CC(=O)Nc2ccc(Br)c(C)c2)cc1OC. The topological polar surface area (TPSA) is 95.6 Å². The summed E-state index contributed by atoms with van der Waals surface area (Å²) >= 11 is 3.41. The van der Waals surface area contributed by atoms with Crippen LogP contribution in [0.3, 0.4) is 0 Å². The number of halogens is 1. The molecule has 3 aromatic rings. The van der Waals surface area contributed by atoms with Crippen LogP contribution in [-0.2, 0) is 11.3 Å². The second kappa shape index (κ2) is 8.30. The van der Waals surface area contributed by atoms with Crippen LogP contribution in [0.15, 0.2) is 50.2 Å². The number of anilines is 1. The second-order valence-corrected chi connectivity index (χ2v) is 6.79. The van der Waals surface area contributed by atoms with Crippen molar-refractivity contribution in [2.75, 3.05) is 19.5 Å². The predicted molar refractivity (Wildman–Crippen MR) is 107 cm³/mol. The number of nitrogens with zero attached hydrogens (tertiary/aromatic N) is 2. The van der Waals surface area contributed by atoms with Crippen molar-refractivity contribution in [1.29, 1.82) is 0 Å². The van der Waals surface area contributed by atoms with E-state index >= 15 is 0 Å². The quantitative estimate of drug-likeness (QED) is 0.622. The molecule has 8 nitrogen and oxygen atoms in total. The number of hydrogen-bond acceptors (Lipinski definition) is 6. The van der Waals surface area contributed by atoms with Crippen molar-refractivity contribution in [2.45, 2.75) is 13.5 Å². The van der Waals surface area contributed by atoms with Crippen LogP contribution in [0.4, 0.5) is 5.69 Å². The van der Waals surface area contributed by atoms with Gasteiger partial charge in [-0.1, -0.05) is 21.1 Å². The highest BCUT2D eigenvalue weighted by atomic mass is 79.9. The molecule has 0 aliphatic heterocycles. The summed E-state index contributed by atoms with van der Waals surface area (Å²) in [7, 11) is 3.03. The van der Waals surface area contributed by atoms with E-state index in [4.69, 9.17) is 14.0 Å². The molecular weight excluding hydrogens is 430 g/mol. The fourth-order valence-electron chi connectivity index (χ4n) is 2.66. The maximum Gasteiger partial charge on any atom is 0.442 e. The molecule has 0 fully saturated rings. The molecule has 0 spiro atoms. The highest BCUT2D eigenvalue weighted by molar-refractivity contribution is 9.10. The Balaban J connectivity index is 1.86. The van der Waals surface area contributed by atoms with Gasteiger partial charge in [0.1, 0.15) is 6.54 Å². The number of carbonyl (C=O) groups is 1. The molecule has 1 N–H and O–H groups in total. The molecular formula is C19H18BrN3O5. The molecule has 9 heteroatoms. The molecule has 3 rings (SSSR count). The second-order valence-electron chi connectivity index (χ2n) is 5.94. The van der Waals surface area contributed by atoms with E-state index in [0.29, 0.717) is 22.7 Å². The van der Waals surface area contributed by atoms with Crippen molar-refractivity contribution in [2.24, 2.45) is 0 Å². The molecule has 0 saturated carbocycles. The summed E-state index contributed by atoms with van der Waals surface area (Å²) < 4.78 is 17.3. The fraction of sp³-hybridized carbons (Fsp3) is 0.211. The lowest BCUT2D eigenvalue weighted by molar-refractivity contribution is -0.116. The van der Waals surface area contributed by atoms with Crippen LogP contribution < -0.4 is 20.5 Å². The number of methoxy groups -OCH3 is 2. The largest absolute Gasteiger partial charge is 0.493 e. The fourth-order valence-corrected chi connectivity index (χ4v) is 2.90. The van der Waals surface area contributed by atoms with Gasteiger partial charge in [-0.25, -0.2) is 9.36 Å². The lowest BCUT2D eigenvalue weighted by Gasteiger charge is -2.10. The molecule has 2 aromatic carbocycles. The number of amides is 1. The Labute approximate surface area is 169 Å². The van der Waals surface area contributed by atoms with E-state index in [1.807, 2.05) is 19.1 Å². The molecule has 0 atom stereocenters. The van der Waals surface area contributed by atoms with Gasteiger partial charge >= 0.3 is 5.76 Å². The molecule has 1 heterocycles. The maximum absolute atomic E-state index is 12.4. The van der Waals surface area contributed by atoms with E-state index in [1.54, 1.807) is 24.3 Å². The Hall–Kier alpha value is -3.07. The number of aryl methyl sites for hydroxylation is 1. The van der Waals surface area contributed by atoms with Gasteiger partial charge in [0.2, 0.25) is 5.91 Å². The first kappa shape index (κ1) is 19.7. The van der Waals surface area contributed by atoms with Crippen molar-refractivity contribution < 1.29 is 18.8 Å². The number of nitrogens with one attached hydrogen (secondary N) is 1. The lowest BCUT2D eigenvalue weighted by atomic mass is 10.2. The first-order chi connectivity index (χ1) is 13.4. The summed E-state index contributed by atoms with van der Waals surface area (Å²) in [6.07, 6.45) is 0. The van der Waals surface area contributed by atoms with Crippen LogP contribution in [0.5, 0.6) is 11.5 Å². The number of carbonyl (C=O) groups excluding carboxylic acids is 1. The van der Waals surface area contributed by atoms with Crippen LogP contribution in [0.2, 0.25) is 0 Å². The maximum atomic E-state index is 12.4. The van der Waals surface area contributed by atoms with Gasteiger partial charge < -0.3 is 14.8 Å². The molecule has 1 amide bonds. The first-order valence-corrected chi connectivity index (χ1v) is 9.07. The van der Waals surface area contributed by atoms with Crippen LogP contribution in [-0.4, -0.2) is 29.9 Å². The van der Waals surface area contributed by atoms with E-state index in [2.05, 4.69) is 26.4 Å². The summed E-state index contributed by atoms with van der Waals surface area (Å²) in [4.78, 5) is 24.5. The predicted octanol–water partition coefficient (Wildman–Crippen LogP) is 3.23. The monoisotopic (exact) mass is 447 g/mol. The van der Waals surface area contributed by atoms with Crippen molar-refractivity contribution in [3.63, 3.8) is 0 Å². The van der Waals surface area contributed by atoms with Gasteiger partial charge in [0.05, 0.1) is 14.2 Å². The smallest absolute Gasteiger partial charge is 0.442 e. The van der Waals surface area contributed by atoms with E-state index < -0.39 is 5.76 Å². The summed E-state index contributed by atoms with van der Waals surface area (Å²) in [5, 5.41) is 6.56. The zero-order chi connectivity index (χ0) is 20.3. The normalized spacial score (nSPS) is 10.6. The summed E-state index contributed by atoms with van der Waals surface area (Å²) in [5.41, 5.74) is 2.16. The molecule has 0 aliphatic carbocycles. The number of benzene rings is 2. The van der Waals surface area contributed by atoms with Crippen molar-refractivity contribution in [3.8, 4) is 22.9 Å². The summed E-state index contributed by atoms with van der Waals surface area (Å²) in [6.45, 7) is 1.67. The van der Waals surface area contributed by atoms with Gasteiger partial charge in [-0.3, -0.25) is 9.32 Å². The number of rotatable bonds is 6. The molecule has 0 unspecified atom stereocenters. The Morgan fingerprint density at radius 1 is 1.18 bits per heavy atom. The number of ether oxygens (including phenoxy) is 2. The summed E-state index contributed by atoms with van der Waals surface area (Å²) in [5.74, 6) is 0.109. The van der Waals surface area contributed by atoms with E-state index in [1.165, 1.54) is 14.2 Å². The van der Waals surface area contributed by atoms with Gasteiger partial charge in [0, 0.05) is 15.7 Å². The molecule has 0 saturated heterocycles. The minimum absolute atomic E-state index is 0.216. The standard InChI is InChI=1S/C19H18BrN3O5/c1-11-8-13(5-6-14(11)20)21-17(24)10-23-18(22-28-19(23)25)12-4-7-15(26-2)16(9-12)27-3/h4-9H,10H2,1-3H3,(H,21,24). The van der Waals surface area contributed by atoms with Gasteiger partial charge in [-0.2, -0.15) is 0 Å². The van der Waals surface area contributed by atoms with E-state index in [9.17, 15) is 9.59 Å². The average Bonchev–Trinajstić information content (AvgIpc) is 3.04. The average molecular weight is 448 g/mol. The van der Waals surface area contributed by atoms with Gasteiger partial charge in [0.25, 0.3) is 0 Å². The highest BCUT2D eigenvalue weighted by Gasteiger charge is 2.18. The highest BCUT2D eigenvalue weighted by Crippen LogP contribution is 2.31. The zero-order valence-electron chi connectivity index (χ0n) is 15.5. The van der Waals surface area contributed by atoms with Crippen LogP contribution >= 0.6 is 15.9 Å². The van der Waals surface area contributed by atoms with Gasteiger partial charge in [0.15, 0.2) is 17.3 Å². The van der Waals surface area contributed by atoms with Crippen LogP contribution in [0, 0.1) is 6.92 Å². The van der Waals surface area contributed by atoms with Crippen LogP contribution in [0.1, 0.15) is 5.56 Å². The Morgan fingerprint density at radius 2 is 1.93 bits per heavy atom. The van der Waals surface area contributed by atoms with Crippen LogP contribution in [0.25, 0.3) is 11.4 Å². The minimum atomic E-state index is -0.730. The van der Waals surface area contributed by atoms with E-state index in [-0.39, 0.29) is 18.3 Å². The van der Waals surface area contributed by atoms with Gasteiger partial charge in [-0.15, -0.1) is 0 Å². The molecule has 146 valence electrons. The molecule has 1 aromatic heterocycles. The minimum Gasteiger partial charge on any atom is -0.493 e. The molecule has 0 radical (unpaired) electrons. The number of hydrogen-bond donors (Lipinski definition) is 1. The molecule has 0 aliphatic rings. The Bertz CT molecular complexity index is 1070. The van der Waals surface area contributed by atoms with Crippen molar-refractivity contribution >= 4 is 27.5 Å². The van der Waals surface area contributed by atoms with Crippen molar-refractivity contribution in [1.82, 2.24) is 9.72 Å². The molecule has 28 heavy (non-hydrogen) atoms. The first-order valence-electron chi connectivity index (χ1n) is 8.28. The Morgan fingerprint density at radius 3 is 2.61 bits per heavy atom. The third-order valence-corrected chi connectivity index (χ3v) is 4.96. The lowest BCUT2D eigenvalue weighted by Crippen LogP contribution is -2.25. The van der Waals surface area contributed by atoms with Crippen molar-refractivity contribution in [3.05, 3.63) is 57.0 Å².